The zero-order valence-corrected chi connectivity index (χ0v) is 19.3. The maximum Gasteiger partial charge on any atom is 0.188 e. The molecule has 5 heteroatoms. The van der Waals surface area contributed by atoms with Gasteiger partial charge in [0.25, 0.3) is 0 Å². The number of carbonyl (C=O) groups excluding carboxylic acids is 1. The second kappa shape index (κ2) is 10.9. The molecule has 4 nitrogen and oxygen atoms in total. The number of ketones is 1. The van der Waals surface area contributed by atoms with E-state index in [4.69, 9.17) is 14.6 Å². The average Bonchev–Trinajstić information content (AvgIpc) is 2.82. The van der Waals surface area contributed by atoms with Gasteiger partial charge in [-0.25, -0.2) is 0 Å². The SMILES string of the molecule is CC1=C(C2=CCC=C(Cc3ccc(C(=O)/C=C/O)cc3)O2)SC(CC2CCOCC2)=CC1. The lowest BCUT2D eigenvalue weighted by molar-refractivity contribution is 0.0670. The minimum atomic E-state index is -0.209. The van der Waals surface area contributed by atoms with Crippen LogP contribution in [0.15, 0.2) is 81.7 Å². The summed E-state index contributed by atoms with van der Waals surface area (Å²) in [5.74, 6) is 2.43. The van der Waals surface area contributed by atoms with Crippen molar-refractivity contribution in [2.45, 2.75) is 45.4 Å². The van der Waals surface area contributed by atoms with Gasteiger partial charge in [-0.15, -0.1) is 0 Å². The highest BCUT2D eigenvalue weighted by Gasteiger charge is 2.23. The van der Waals surface area contributed by atoms with Crippen molar-refractivity contribution in [2.75, 3.05) is 13.2 Å². The first-order chi connectivity index (χ1) is 15.6. The molecule has 32 heavy (non-hydrogen) atoms. The Balaban J connectivity index is 1.36. The van der Waals surface area contributed by atoms with Gasteiger partial charge in [0, 0.05) is 31.3 Å². The lowest BCUT2D eigenvalue weighted by Crippen LogP contribution is -2.16. The third kappa shape index (κ3) is 5.84. The highest BCUT2D eigenvalue weighted by atomic mass is 32.2. The van der Waals surface area contributed by atoms with Crippen LogP contribution in [0, 0.1) is 5.92 Å². The summed E-state index contributed by atoms with van der Waals surface area (Å²) in [6, 6.07) is 7.45. The Hall–Kier alpha value is -2.50. The molecule has 1 aromatic carbocycles. The molecule has 3 aliphatic heterocycles. The van der Waals surface area contributed by atoms with Crippen LogP contribution in [0.4, 0.5) is 0 Å². The molecule has 0 atom stereocenters. The molecule has 0 saturated carbocycles. The summed E-state index contributed by atoms with van der Waals surface area (Å²) in [7, 11) is 0. The fourth-order valence-electron chi connectivity index (χ4n) is 4.16. The molecule has 3 heterocycles. The van der Waals surface area contributed by atoms with Crippen LogP contribution in [0.2, 0.25) is 0 Å². The number of aliphatic hydroxyl groups excluding tert-OH is 1. The molecule has 0 radical (unpaired) electrons. The maximum atomic E-state index is 11.8. The van der Waals surface area contributed by atoms with Gasteiger partial charge in [0.1, 0.15) is 11.5 Å². The van der Waals surface area contributed by atoms with Crippen LogP contribution in [0.25, 0.3) is 0 Å². The molecule has 1 N–H and O–H groups in total. The van der Waals surface area contributed by atoms with Crippen LogP contribution in [-0.2, 0) is 15.9 Å². The molecule has 0 aromatic heterocycles. The van der Waals surface area contributed by atoms with Crippen molar-refractivity contribution in [2.24, 2.45) is 5.92 Å². The van der Waals surface area contributed by atoms with E-state index in [1.54, 1.807) is 12.1 Å². The molecule has 1 saturated heterocycles. The summed E-state index contributed by atoms with van der Waals surface area (Å²) in [5, 5.41) is 8.77. The molecule has 168 valence electrons. The summed E-state index contributed by atoms with van der Waals surface area (Å²) in [6.07, 6.45) is 14.6. The smallest absolute Gasteiger partial charge is 0.188 e. The van der Waals surface area contributed by atoms with Crippen LogP contribution in [0.3, 0.4) is 0 Å². The summed E-state index contributed by atoms with van der Waals surface area (Å²) >= 11 is 1.87. The van der Waals surface area contributed by atoms with Gasteiger partial charge in [-0.1, -0.05) is 47.7 Å². The number of hydrogen-bond donors (Lipinski definition) is 1. The fourth-order valence-corrected chi connectivity index (χ4v) is 5.39. The van der Waals surface area contributed by atoms with Gasteiger partial charge in [0.05, 0.1) is 11.2 Å². The average molecular weight is 451 g/mol. The Labute approximate surface area is 194 Å². The maximum absolute atomic E-state index is 11.8. The van der Waals surface area contributed by atoms with Crippen LogP contribution in [0.1, 0.15) is 54.9 Å². The largest absolute Gasteiger partial charge is 0.515 e. The van der Waals surface area contributed by atoms with Crippen LogP contribution in [-0.4, -0.2) is 24.1 Å². The predicted octanol–water partition coefficient (Wildman–Crippen LogP) is 6.78. The lowest BCUT2D eigenvalue weighted by atomic mass is 9.96. The molecular weight excluding hydrogens is 420 g/mol. The number of ether oxygens (including phenoxy) is 2. The van der Waals surface area contributed by atoms with E-state index in [9.17, 15) is 4.79 Å². The number of thioether (sulfide) groups is 1. The summed E-state index contributed by atoms with van der Waals surface area (Å²) < 4.78 is 11.9. The lowest BCUT2D eigenvalue weighted by Gasteiger charge is -2.27. The van der Waals surface area contributed by atoms with Crippen molar-refractivity contribution in [1.29, 1.82) is 0 Å². The normalized spacial score (nSPS) is 20.0. The number of allylic oxidation sites excluding steroid dienone is 7. The van der Waals surface area contributed by atoms with Crippen molar-refractivity contribution < 1.29 is 19.4 Å². The van der Waals surface area contributed by atoms with Gasteiger partial charge < -0.3 is 14.6 Å². The number of rotatable bonds is 7. The van der Waals surface area contributed by atoms with E-state index < -0.39 is 0 Å². The van der Waals surface area contributed by atoms with Crippen molar-refractivity contribution in [3.05, 3.63) is 92.9 Å². The standard InChI is InChI=1S/C27H30O4S/c1-19-5-10-24(18-21-12-15-30-16-13-21)32-27(19)26-4-2-3-23(31-26)17-20-6-8-22(9-7-20)25(29)11-14-28/h3-4,6-11,14,21,28H,2,5,12-13,15-18H2,1H3/b14-11+. The Bertz CT molecular complexity index is 989. The minimum absolute atomic E-state index is 0.209. The summed E-state index contributed by atoms with van der Waals surface area (Å²) in [6.45, 7) is 3.98. The second-order valence-electron chi connectivity index (χ2n) is 8.48. The zero-order valence-electron chi connectivity index (χ0n) is 18.5. The van der Waals surface area contributed by atoms with Gasteiger partial charge in [0.15, 0.2) is 5.78 Å². The first-order valence-electron chi connectivity index (χ1n) is 11.3. The van der Waals surface area contributed by atoms with E-state index in [0.717, 1.165) is 80.7 Å². The Morgan fingerprint density at radius 1 is 1.16 bits per heavy atom. The van der Waals surface area contributed by atoms with Gasteiger partial charge >= 0.3 is 0 Å². The predicted molar refractivity (Wildman–Crippen MR) is 129 cm³/mol. The van der Waals surface area contributed by atoms with E-state index in [-0.39, 0.29) is 5.78 Å². The summed E-state index contributed by atoms with van der Waals surface area (Å²) in [4.78, 5) is 14.6. The van der Waals surface area contributed by atoms with Gasteiger partial charge in [-0.05, 0) is 67.6 Å². The first kappa shape index (κ1) is 22.7. The van der Waals surface area contributed by atoms with Crippen LogP contribution < -0.4 is 0 Å². The molecule has 0 amide bonds. The zero-order chi connectivity index (χ0) is 22.3. The van der Waals surface area contributed by atoms with E-state index in [1.165, 1.54) is 15.4 Å². The molecule has 0 aliphatic carbocycles. The topological polar surface area (TPSA) is 55.8 Å². The first-order valence-corrected chi connectivity index (χ1v) is 12.1. The van der Waals surface area contributed by atoms with E-state index in [1.807, 2.05) is 23.9 Å². The van der Waals surface area contributed by atoms with Gasteiger partial charge in [-0.2, -0.15) is 0 Å². The Morgan fingerprint density at radius 2 is 1.94 bits per heavy atom. The second-order valence-corrected chi connectivity index (χ2v) is 9.61. The highest BCUT2D eigenvalue weighted by molar-refractivity contribution is 8.07. The van der Waals surface area contributed by atoms with Crippen molar-refractivity contribution in [1.82, 2.24) is 0 Å². The quantitative estimate of drug-likeness (QED) is 0.282. The van der Waals surface area contributed by atoms with E-state index in [2.05, 4.69) is 25.2 Å². The molecule has 1 aromatic rings. The number of hydrogen-bond acceptors (Lipinski definition) is 5. The molecule has 0 bridgehead atoms. The highest BCUT2D eigenvalue weighted by Crippen LogP contribution is 2.44. The van der Waals surface area contributed by atoms with Crippen LogP contribution in [0.5, 0.6) is 0 Å². The number of benzene rings is 1. The summed E-state index contributed by atoms with van der Waals surface area (Å²) in [5.41, 5.74) is 3.00. The third-order valence-electron chi connectivity index (χ3n) is 6.04. The van der Waals surface area contributed by atoms with Crippen molar-refractivity contribution in [3.63, 3.8) is 0 Å². The molecular formula is C27H30O4S. The van der Waals surface area contributed by atoms with Gasteiger partial charge in [-0.3, -0.25) is 4.79 Å². The molecule has 0 unspecified atom stereocenters. The number of aliphatic hydroxyl groups is 1. The number of carbonyl (C=O) groups is 1. The third-order valence-corrected chi connectivity index (χ3v) is 7.39. The monoisotopic (exact) mass is 450 g/mol. The van der Waals surface area contributed by atoms with Crippen LogP contribution >= 0.6 is 11.8 Å². The Morgan fingerprint density at radius 3 is 2.69 bits per heavy atom. The minimum Gasteiger partial charge on any atom is -0.515 e. The fraction of sp³-hybridized carbons (Fsp3) is 0.370. The molecule has 4 rings (SSSR count). The molecule has 1 fully saturated rings. The molecule has 3 aliphatic rings. The Kier molecular flexibility index (Phi) is 7.72. The van der Waals surface area contributed by atoms with E-state index >= 15 is 0 Å². The van der Waals surface area contributed by atoms with Gasteiger partial charge in [0.2, 0.25) is 0 Å². The van der Waals surface area contributed by atoms with Crippen molar-refractivity contribution in [3.8, 4) is 0 Å². The van der Waals surface area contributed by atoms with Crippen molar-refractivity contribution >= 4 is 17.5 Å². The van der Waals surface area contributed by atoms with E-state index in [0.29, 0.717) is 12.0 Å². The molecule has 0 spiro atoms.